The molecule has 4 unspecified atom stereocenters. The summed E-state index contributed by atoms with van der Waals surface area (Å²) in [6.45, 7) is 3.71. The third-order valence-electron chi connectivity index (χ3n) is 4.30. The van der Waals surface area contributed by atoms with Crippen LogP contribution in [0.3, 0.4) is 0 Å². The maximum Gasteiger partial charge on any atom is 0.303 e. The van der Waals surface area contributed by atoms with Gasteiger partial charge < -0.3 is 18.9 Å². The number of hydrogen-bond acceptors (Lipinski definition) is 8. The molecule has 0 aromatic heterocycles. The first kappa shape index (κ1) is 21.1. The van der Waals surface area contributed by atoms with Gasteiger partial charge in [0, 0.05) is 25.7 Å². The largest absolute Gasteiger partial charge is 0.463 e. The molecule has 4 atom stereocenters. The zero-order valence-electron chi connectivity index (χ0n) is 16.3. The molecular formula is C21H22O7S. The molecule has 0 bridgehead atoms. The number of benzene rings is 2. The Labute approximate surface area is 172 Å². The van der Waals surface area contributed by atoms with E-state index in [0.717, 1.165) is 15.7 Å². The van der Waals surface area contributed by atoms with Crippen LogP contribution in [0.15, 0.2) is 47.4 Å². The zero-order chi connectivity index (χ0) is 21.0. The first-order valence-corrected chi connectivity index (χ1v) is 10.00. The highest BCUT2D eigenvalue weighted by Gasteiger charge is 2.50. The average Bonchev–Trinajstić information content (AvgIpc) is 2.95. The Bertz CT molecular complexity index is 913. The first-order chi connectivity index (χ1) is 13.8. The molecule has 0 spiro atoms. The highest BCUT2D eigenvalue weighted by molar-refractivity contribution is 7.99. The maximum absolute atomic E-state index is 11.7. The van der Waals surface area contributed by atoms with Gasteiger partial charge in [-0.15, -0.1) is 0 Å². The average molecular weight is 418 g/mol. The van der Waals surface area contributed by atoms with Crippen LogP contribution in [-0.2, 0) is 33.3 Å². The van der Waals surface area contributed by atoms with Crippen LogP contribution in [0.5, 0.6) is 0 Å². The minimum Gasteiger partial charge on any atom is -0.463 e. The van der Waals surface area contributed by atoms with E-state index in [1.165, 1.54) is 32.5 Å². The predicted molar refractivity (Wildman–Crippen MR) is 106 cm³/mol. The predicted octanol–water partition coefficient (Wildman–Crippen LogP) is 3.08. The van der Waals surface area contributed by atoms with Gasteiger partial charge in [0.1, 0.15) is 18.1 Å². The van der Waals surface area contributed by atoms with E-state index in [1.54, 1.807) is 0 Å². The summed E-state index contributed by atoms with van der Waals surface area (Å²) >= 11 is 1.35. The van der Waals surface area contributed by atoms with Gasteiger partial charge in [-0.05, 0) is 22.9 Å². The van der Waals surface area contributed by atoms with E-state index in [9.17, 15) is 14.4 Å². The number of ether oxygens (including phenoxy) is 4. The van der Waals surface area contributed by atoms with Crippen molar-refractivity contribution >= 4 is 40.4 Å². The lowest BCUT2D eigenvalue weighted by Gasteiger charge is -2.23. The number of hydrogen-bond donors (Lipinski definition) is 0. The van der Waals surface area contributed by atoms with Crippen LogP contribution < -0.4 is 0 Å². The lowest BCUT2D eigenvalue weighted by atomic mass is 10.1. The van der Waals surface area contributed by atoms with Crippen LogP contribution in [0, 0.1) is 0 Å². The van der Waals surface area contributed by atoms with Crippen molar-refractivity contribution < 1.29 is 33.3 Å². The van der Waals surface area contributed by atoms with E-state index in [-0.39, 0.29) is 6.61 Å². The number of carbonyl (C=O) groups excluding carboxylic acids is 3. The van der Waals surface area contributed by atoms with E-state index < -0.39 is 41.7 Å². The summed E-state index contributed by atoms with van der Waals surface area (Å²) < 4.78 is 21.8. The molecule has 1 aliphatic rings. The third kappa shape index (κ3) is 5.48. The second kappa shape index (κ2) is 9.28. The third-order valence-corrected chi connectivity index (χ3v) is 5.43. The SMILES string of the molecule is CC(=O)OCC1OC(Sc2ccc3ccccc3c2)C(OC(C)=O)C1OC(C)=O. The fourth-order valence-electron chi connectivity index (χ4n) is 3.15. The van der Waals surface area contributed by atoms with Crippen molar-refractivity contribution in [3.05, 3.63) is 42.5 Å². The summed E-state index contributed by atoms with van der Waals surface area (Å²) in [6, 6.07) is 13.9. The van der Waals surface area contributed by atoms with Crippen molar-refractivity contribution in [3.63, 3.8) is 0 Å². The van der Waals surface area contributed by atoms with Crippen molar-refractivity contribution in [2.45, 2.75) is 49.4 Å². The molecule has 0 radical (unpaired) electrons. The second-order valence-corrected chi connectivity index (χ2v) is 7.79. The minimum atomic E-state index is -0.881. The van der Waals surface area contributed by atoms with E-state index in [2.05, 4.69) is 0 Å². The van der Waals surface area contributed by atoms with Crippen molar-refractivity contribution in [1.29, 1.82) is 0 Å². The molecule has 1 fully saturated rings. The van der Waals surface area contributed by atoms with Crippen molar-refractivity contribution in [2.75, 3.05) is 6.61 Å². The summed E-state index contributed by atoms with van der Waals surface area (Å²) in [5, 5.41) is 2.17. The molecule has 2 aromatic carbocycles. The summed E-state index contributed by atoms with van der Waals surface area (Å²) in [4.78, 5) is 35.4. The molecule has 29 heavy (non-hydrogen) atoms. The highest BCUT2D eigenvalue weighted by atomic mass is 32.2. The maximum atomic E-state index is 11.7. The lowest BCUT2D eigenvalue weighted by molar-refractivity contribution is -0.165. The van der Waals surface area contributed by atoms with Gasteiger partial charge >= 0.3 is 17.9 Å². The van der Waals surface area contributed by atoms with Gasteiger partial charge in [-0.25, -0.2) is 0 Å². The van der Waals surface area contributed by atoms with Gasteiger partial charge in [-0.2, -0.15) is 0 Å². The van der Waals surface area contributed by atoms with Gasteiger partial charge in [-0.1, -0.05) is 42.1 Å². The molecule has 1 heterocycles. The lowest BCUT2D eigenvalue weighted by Crippen LogP contribution is -2.40. The molecule has 1 aliphatic heterocycles. The van der Waals surface area contributed by atoms with Crippen molar-refractivity contribution in [2.24, 2.45) is 0 Å². The Morgan fingerprint density at radius 3 is 2.21 bits per heavy atom. The van der Waals surface area contributed by atoms with E-state index in [0.29, 0.717) is 0 Å². The van der Waals surface area contributed by atoms with Crippen molar-refractivity contribution in [3.8, 4) is 0 Å². The Morgan fingerprint density at radius 1 is 0.897 bits per heavy atom. The van der Waals surface area contributed by atoms with Crippen LogP contribution in [0.25, 0.3) is 10.8 Å². The first-order valence-electron chi connectivity index (χ1n) is 9.12. The fourth-order valence-corrected chi connectivity index (χ4v) is 4.30. The molecule has 0 amide bonds. The van der Waals surface area contributed by atoms with Gasteiger partial charge in [0.05, 0.1) is 0 Å². The van der Waals surface area contributed by atoms with Gasteiger partial charge in [0.25, 0.3) is 0 Å². The molecule has 2 aromatic rings. The highest BCUT2D eigenvalue weighted by Crippen LogP contribution is 2.38. The smallest absolute Gasteiger partial charge is 0.303 e. The van der Waals surface area contributed by atoms with Gasteiger partial charge in [0.15, 0.2) is 12.2 Å². The monoisotopic (exact) mass is 418 g/mol. The van der Waals surface area contributed by atoms with Crippen LogP contribution in [0.2, 0.25) is 0 Å². The quantitative estimate of drug-likeness (QED) is 0.522. The molecule has 0 saturated carbocycles. The standard InChI is InChI=1S/C21H22O7S/c1-12(22)25-11-18-19(26-13(2)23)20(27-14(3)24)21(28-18)29-17-9-8-15-6-4-5-7-16(15)10-17/h4-10,18-21H,11H2,1-3H3. The number of rotatable bonds is 6. The normalized spacial score (nSPS) is 23.6. The Hall–Kier alpha value is -2.58. The number of carbonyl (C=O) groups is 3. The summed E-state index contributed by atoms with van der Waals surface area (Å²) in [5.74, 6) is -1.54. The summed E-state index contributed by atoms with van der Waals surface area (Å²) in [7, 11) is 0. The van der Waals surface area contributed by atoms with Gasteiger partial charge in [0.2, 0.25) is 0 Å². The Kier molecular flexibility index (Phi) is 6.76. The van der Waals surface area contributed by atoms with Crippen LogP contribution in [-0.4, -0.2) is 48.3 Å². The van der Waals surface area contributed by atoms with E-state index >= 15 is 0 Å². The molecular weight excluding hydrogens is 396 g/mol. The summed E-state index contributed by atoms with van der Waals surface area (Å²) in [6.07, 6.45) is -2.47. The fraction of sp³-hybridized carbons (Fsp3) is 0.381. The molecule has 0 aliphatic carbocycles. The molecule has 3 rings (SSSR count). The molecule has 0 N–H and O–H groups in total. The molecule has 154 valence electrons. The Morgan fingerprint density at radius 2 is 1.55 bits per heavy atom. The molecule has 7 nitrogen and oxygen atoms in total. The van der Waals surface area contributed by atoms with Crippen LogP contribution in [0.4, 0.5) is 0 Å². The Balaban J connectivity index is 1.85. The van der Waals surface area contributed by atoms with E-state index in [1.807, 2.05) is 42.5 Å². The van der Waals surface area contributed by atoms with Crippen molar-refractivity contribution in [1.82, 2.24) is 0 Å². The van der Waals surface area contributed by atoms with Gasteiger partial charge in [-0.3, -0.25) is 14.4 Å². The minimum absolute atomic E-state index is 0.111. The second-order valence-electron chi connectivity index (χ2n) is 6.62. The van der Waals surface area contributed by atoms with Crippen LogP contribution >= 0.6 is 11.8 Å². The molecule has 8 heteroatoms. The number of esters is 3. The van der Waals surface area contributed by atoms with E-state index in [4.69, 9.17) is 18.9 Å². The molecule has 1 saturated heterocycles. The number of thioether (sulfide) groups is 1. The zero-order valence-corrected chi connectivity index (χ0v) is 17.1. The number of fused-ring (bicyclic) bond motifs is 1. The summed E-state index contributed by atoms with van der Waals surface area (Å²) in [5.41, 5.74) is -0.634. The van der Waals surface area contributed by atoms with Crippen LogP contribution in [0.1, 0.15) is 20.8 Å². The topological polar surface area (TPSA) is 88.1 Å².